The molecule has 3 rings (SSSR count). The van der Waals surface area contributed by atoms with E-state index in [0.717, 1.165) is 31.6 Å². The van der Waals surface area contributed by atoms with Crippen molar-refractivity contribution in [3.8, 4) is 5.69 Å². The van der Waals surface area contributed by atoms with Gasteiger partial charge in [0, 0.05) is 18.8 Å². The number of benzene rings is 1. The van der Waals surface area contributed by atoms with Crippen molar-refractivity contribution in [3.63, 3.8) is 0 Å². The van der Waals surface area contributed by atoms with Gasteiger partial charge in [-0.05, 0) is 37.3 Å². The Bertz CT molecular complexity index is 606. The van der Waals surface area contributed by atoms with Crippen LogP contribution < -0.4 is 0 Å². The lowest BCUT2D eigenvalue weighted by Gasteiger charge is -2.21. The van der Waals surface area contributed by atoms with Crippen molar-refractivity contribution in [1.29, 1.82) is 0 Å². The number of amides is 1. The van der Waals surface area contributed by atoms with Crippen LogP contribution in [0, 0.1) is 5.92 Å². The van der Waals surface area contributed by atoms with Gasteiger partial charge in [0.05, 0.1) is 12.5 Å². The highest BCUT2D eigenvalue weighted by molar-refractivity contribution is 5.93. The predicted octanol–water partition coefficient (Wildman–Crippen LogP) is 3.13. The van der Waals surface area contributed by atoms with E-state index in [9.17, 15) is 4.79 Å². The van der Waals surface area contributed by atoms with Crippen LogP contribution in [0.15, 0.2) is 42.9 Å². The summed E-state index contributed by atoms with van der Waals surface area (Å²) in [7, 11) is 0. The number of imidazole rings is 1. The Hall–Kier alpha value is -2.10. The van der Waals surface area contributed by atoms with Crippen LogP contribution in [0.5, 0.6) is 0 Å². The number of aromatic nitrogens is 2. The maximum atomic E-state index is 12.8. The number of likely N-dealkylation sites (tertiary alicyclic amines) is 1. The van der Waals surface area contributed by atoms with Gasteiger partial charge in [-0.2, -0.15) is 0 Å². The van der Waals surface area contributed by atoms with Crippen molar-refractivity contribution in [2.24, 2.45) is 5.92 Å². The summed E-state index contributed by atoms with van der Waals surface area (Å²) in [5, 5.41) is 0. The molecule has 2 heterocycles. The molecule has 21 heavy (non-hydrogen) atoms. The standard InChI is InChI=1S/C17H21N3O/c1-14-6-5-10-19(11-9-14)17(21)16-12-18-13-20(16)15-7-3-2-4-8-15/h2-4,7-8,12-14H,5-6,9-11H2,1H3/t14-/m1/s1. The topological polar surface area (TPSA) is 38.1 Å². The van der Waals surface area contributed by atoms with E-state index < -0.39 is 0 Å². The summed E-state index contributed by atoms with van der Waals surface area (Å²) in [5.74, 6) is 0.798. The second kappa shape index (κ2) is 6.12. The van der Waals surface area contributed by atoms with Crippen LogP contribution in [0.2, 0.25) is 0 Å². The van der Waals surface area contributed by atoms with Gasteiger partial charge in [-0.25, -0.2) is 4.98 Å². The molecule has 0 bridgehead atoms. The minimum atomic E-state index is 0.0884. The molecule has 1 aliphatic rings. The summed E-state index contributed by atoms with van der Waals surface area (Å²) in [4.78, 5) is 18.9. The Morgan fingerprint density at radius 2 is 2.00 bits per heavy atom. The predicted molar refractivity (Wildman–Crippen MR) is 82.5 cm³/mol. The Morgan fingerprint density at radius 1 is 1.19 bits per heavy atom. The Morgan fingerprint density at radius 3 is 2.81 bits per heavy atom. The van der Waals surface area contributed by atoms with Gasteiger partial charge in [0.15, 0.2) is 0 Å². The van der Waals surface area contributed by atoms with Gasteiger partial charge in [0.25, 0.3) is 5.91 Å². The number of rotatable bonds is 2. The second-order valence-corrected chi connectivity index (χ2v) is 5.81. The summed E-state index contributed by atoms with van der Waals surface area (Å²) in [6.45, 7) is 3.96. The molecule has 1 saturated heterocycles. The smallest absolute Gasteiger partial charge is 0.272 e. The van der Waals surface area contributed by atoms with Crippen LogP contribution >= 0.6 is 0 Å². The molecule has 0 aliphatic carbocycles. The van der Waals surface area contributed by atoms with Crippen molar-refractivity contribution in [2.45, 2.75) is 26.2 Å². The van der Waals surface area contributed by atoms with E-state index in [0.29, 0.717) is 11.6 Å². The van der Waals surface area contributed by atoms with E-state index >= 15 is 0 Å². The van der Waals surface area contributed by atoms with Gasteiger partial charge in [0.2, 0.25) is 0 Å². The molecule has 1 aromatic heterocycles. The first-order chi connectivity index (χ1) is 10.3. The molecule has 4 heteroatoms. The summed E-state index contributed by atoms with van der Waals surface area (Å²) < 4.78 is 1.87. The number of hydrogen-bond donors (Lipinski definition) is 0. The summed E-state index contributed by atoms with van der Waals surface area (Å²) in [6.07, 6.45) is 6.77. The largest absolute Gasteiger partial charge is 0.337 e. The molecule has 1 atom stereocenters. The molecule has 1 aromatic carbocycles. The van der Waals surface area contributed by atoms with Crippen LogP contribution in [-0.4, -0.2) is 33.4 Å². The highest BCUT2D eigenvalue weighted by Crippen LogP contribution is 2.19. The van der Waals surface area contributed by atoms with Gasteiger partial charge in [-0.15, -0.1) is 0 Å². The lowest BCUT2D eigenvalue weighted by atomic mass is 10.0. The third-order valence-electron chi connectivity index (χ3n) is 4.20. The van der Waals surface area contributed by atoms with Crippen LogP contribution in [0.4, 0.5) is 0 Å². The van der Waals surface area contributed by atoms with Gasteiger partial charge in [-0.1, -0.05) is 25.1 Å². The highest BCUT2D eigenvalue weighted by atomic mass is 16.2. The Labute approximate surface area is 125 Å². The number of carbonyl (C=O) groups excluding carboxylic acids is 1. The molecule has 4 nitrogen and oxygen atoms in total. The third kappa shape index (κ3) is 2.99. The molecule has 1 aliphatic heterocycles. The molecule has 0 unspecified atom stereocenters. The molecular weight excluding hydrogens is 262 g/mol. The van der Waals surface area contributed by atoms with Crippen molar-refractivity contribution in [2.75, 3.05) is 13.1 Å². The number of nitrogens with zero attached hydrogens (tertiary/aromatic N) is 3. The fourth-order valence-electron chi connectivity index (χ4n) is 2.88. The van der Waals surface area contributed by atoms with E-state index in [2.05, 4.69) is 11.9 Å². The fourth-order valence-corrected chi connectivity index (χ4v) is 2.88. The normalized spacial score (nSPS) is 19.3. The van der Waals surface area contributed by atoms with E-state index in [-0.39, 0.29) is 5.91 Å². The molecule has 1 fully saturated rings. The van der Waals surface area contributed by atoms with E-state index in [1.807, 2.05) is 39.8 Å². The zero-order valence-electron chi connectivity index (χ0n) is 12.4. The van der Waals surface area contributed by atoms with Gasteiger partial charge in [-0.3, -0.25) is 9.36 Å². The van der Waals surface area contributed by atoms with Crippen LogP contribution in [0.1, 0.15) is 36.7 Å². The maximum absolute atomic E-state index is 12.8. The molecule has 110 valence electrons. The van der Waals surface area contributed by atoms with Crippen LogP contribution in [-0.2, 0) is 0 Å². The first-order valence-corrected chi connectivity index (χ1v) is 7.63. The average Bonchev–Trinajstić information content (AvgIpc) is 2.90. The number of para-hydroxylation sites is 1. The van der Waals surface area contributed by atoms with Crippen molar-refractivity contribution in [3.05, 3.63) is 48.5 Å². The summed E-state index contributed by atoms with van der Waals surface area (Å²) in [6, 6.07) is 9.89. The van der Waals surface area contributed by atoms with Crippen molar-refractivity contribution < 1.29 is 4.79 Å². The monoisotopic (exact) mass is 283 g/mol. The first kappa shape index (κ1) is 13.9. The summed E-state index contributed by atoms with van der Waals surface area (Å²) >= 11 is 0. The van der Waals surface area contributed by atoms with E-state index in [1.165, 1.54) is 6.42 Å². The number of hydrogen-bond acceptors (Lipinski definition) is 2. The summed E-state index contributed by atoms with van der Waals surface area (Å²) in [5.41, 5.74) is 1.62. The lowest BCUT2D eigenvalue weighted by molar-refractivity contribution is 0.0752. The fraction of sp³-hybridized carbons (Fsp3) is 0.412. The quantitative estimate of drug-likeness (QED) is 0.849. The van der Waals surface area contributed by atoms with Crippen molar-refractivity contribution in [1.82, 2.24) is 14.5 Å². The minimum absolute atomic E-state index is 0.0884. The minimum Gasteiger partial charge on any atom is -0.337 e. The molecular formula is C17H21N3O. The Kier molecular flexibility index (Phi) is 4.04. The molecule has 0 spiro atoms. The molecule has 0 radical (unpaired) electrons. The van der Waals surface area contributed by atoms with Gasteiger partial charge >= 0.3 is 0 Å². The molecule has 0 N–H and O–H groups in total. The number of carbonyl (C=O) groups is 1. The lowest BCUT2D eigenvalue weighted by Crippen LogP contribution is -2.33. The van der Waals surface area contributed by atoms with Crippen LogP contribution in [0.3, 0.4) is 0 Å². The van der Waals surface area contributed by atoms with E-state index in [1.54, 1.807) is 12.5 Å². The molecule has 1 amide bonds. The third-order valence-corrected chi connectivity index (χ3v) is 4.20. The van der Waals surface area contributed by atoms with E-state index in [4.69, 9.17) is 0 Å². The highest BCUT2D eigenvalue weighted by Gasteiger charge is 2.22. The zero-order valence-corrected chi connectivity index (χ0v) is 12.4. The SMILES string of the molecule is C[C@@H]1CCCN(C(=O)c2cncn2-c2ccccc2)CC1. The van der Waals surface area contributed by atoms with Crippen molar-refractivity contribution >= 4 is 5.91 Å². The maximum Gasteiger partial charge on any atom is 0.272 e. The molecule has 0 saturated carbocycles. The Balaban J connectivity index is 1.84. The average molecular weight is 283 g/mol. The van der Waals surface area contributed by atoms with Crippen LogP contribution in [0.25, 0.3) is 5.69 Å². The zero-order chi connectivity index (χ0) is 14.7. The second-order valence-electron chi connectivity index (χ2n) is 5.81. The van der Waals surface area contributed by atoms with Gasteiger partial charge < -0.3 is 4.90 Å². The molecule has 2 aromatic rings. The van der Waals surface area contributed by atoms with Gasteiger partial charge in [0.1, 0.15) is 5.69 Å². The first-order valence-electron chi connectivity index (χ1n) is 7.63.